The fraction of sp³-hybridized carbons (Fsp3) is 0.727. The quantitative estimate of drug-likeness (QED) is 0.862. The van der Waals surface area contributed by atoms with E-state index in [4.69, 9.17) is 0 Å². The molecule has 0 radical (unpaired) electrons. The Bertz CT molecular complexity index is 523. The second-order valence-electron chi connectivity index (χ2n) is 8.55. The summed E-state index contributed by atoms with van der Waals surface area (Å²) in [5, 5.41) is 3.69. The number of hydrogen-bond acceptors (Lipinski definition) is 2. The molecule has 2 heterocycles. The summed E-state index contributed by atoms with van der Waals surface area (Å²) < 4.78 is 0. The van der Waals surface area contributed by atoms with Gasteiger partial charge in [0.25, 0.3) is 0 Å². The van der Waals surface area contributed by atoms with Gasteiger partial charge in [-0.05, 0) is 55.8 Å². The van der Waals surface area contributed by atoms with Crippen LogP contribution in [0.2, 0.25) is 0 Å². The maximum absolute atomic E-state index is 3.69. The largest absolute Gasteiger partial charge is 0.312 e. The maximum Gasteiger partial charge on any atom is 0.0208 e. The highest BCUT2D eigenvalue weighted by molar-refractivity contribution is 5.37. The Morgan fingerprint density at radius 3 is 2.46 bits per heavy atom. The zero-order valence-corrected chi connectivity index (χ0v) is 15.2. The fourth-order valence-corrected chi connectivity index (χ4v) is 5.42. The summed E-state index contributed by atoms with van der Waals surface area (Å²) in [7, 11) is 0. The molecule has 24 heavy (non-hydrogen) atoms. The maximum atomic E-state index is 3.69. The van der Waals surface area contributed by atoms with Gasteiger partial charge in [0, 0.05) is 25.0 Å². The van der Waals surface area contributed by atoms with Crippen molar-refractivity contribution < 1.29 is 0 Å². The molecule has 1 saturated carbocycles. The van der Waals surface area contributed by atoms with E-state index in [0.717, 1.165) is 12.5 Å². The van der Waals surface area contributed by atoms with Crippen LogP contribution in [-0.2, 0) is 12.0 Å². The molecule has 0 unspecified atom stereocenters. The van der Waals surface area contributed by atoms with Crippen LogP contribution in [0.1, 0.15) is 68.9 Å². The molecule has 1 spiro atoms. The van der Waals surface area contributed by atoms with Crippen molar-refractivity contribution in [3.8, 4) is 0 Å². The lowest BCUT2D eigenvalue weighted by Gasteiger charge is -2.46. The smallest absolute Gasteiger partial charge is 0.0208 e. The lowest BCUT2D eigenvalue weighted by atomic mass is 9.69. The summed E-state index contributed by atoms with van der Waals surface area (Å²) in [6.07, 6.45) is 13.0. The van der Waals surface area contributed by atoms with Gasteiger partial charge in [-0.2, -0.15) is 0 Å². The first kappa shape index (κ1) is 16.6. The predicted octanol–water partition coefficient (Wildman–Crippen LogP) is 4.48. The van der Waals surface area contributed by atoms with Crippen LogP contribution in [0.3, 0.4) is 0 Å². The molecule has 2 fully saturated rings. The molecule has 4 rings (SSSR count). The molecule has 2 nitrogen and oxygen atoms in total. The minimum atomic E-state index is 0.409. The third kappa shape index (κ3) is 3.55. The van der Waals surface area contributed by atoms with Crippen LogP contribution in [-0.4, -0.2) is 31.1 Å². The molecule has 3 aliphatic rings. The molecule has 2 heteroatoms. The Balaban J connectivity index is 1.37. The van der Waals surface area contributed by atoms with E-state index in [2.05, 4.69) is 34.5 Å². The molecule has 1 aromatic rings. The minimum Gasteiger partial charge on any atom is -0.312 e. The molecular formula is C22H34N2. The normalized spacial score (nSPS) is 25.8. The Kier molecular flexibility index (Phi) is 5.24. The highest BCUT2D eigenvalue weighted by Crippen LogP contribution is 2.39. The number of nitrogens with zero attached hydrogens (tertiary/aromatic N) is 1. The topological polar surface area (TPSA) is 15.3 Å². The molecule has 1 saturated heterocycles. The molecule has 0 aromatic heterocycles. The van der Waals surface area contributed by atoms with E-state index < -0.39 is 0 Å². The summed E-state index contributed by atoms with van der Waals surface area (Å²) in [4.78, 5) is 2.79. The van der Waals surface area contributed by atoms with E-state index in [-0.39, 0.29) is 0 Å². The highest BCUT2D eigenvalue weighted by Gasteiger charge is 2.39. The summed E-state index contributed by atoms with van der Waals surface area (Å²) in [6, 6.07) is 9.17. The van der Waals surface area contributed by atoms with Gasteiger partial charge in [-0.15, -0.1) is 0 Å². The number of rotatable bonds is 2. The molecule has 0 amide bonds. The van der Waals surface area contributed by atoms with Crippen molar-refractivity contribution in [1.29, 1.82) is 0 Å². The van der Waals surface area contributed by atoms with Gasteiger partial charge in [-0.1, -0.05) is 56.4 Å². The van der Waals surface area contributed by atoms with Crippen LogP contribution in [0.25, 0.3) is 0 Å². The zero-order valence-electron chi connectivity index (χ0n) is 15.2. The van der Waals surface area contributed by atoms with E-state index in [1.54, 1.807) is 5.56 Å². The lowest BCUT2D eigenvalue weighted by Crippen LogP contribution is -2.51. The minimum absolute atomic E-state index is 0.409. The van der Waals surface area contributed by atoms with Gasteiger partial charge >= 0.3 is 0 Å². The van der Waals surface area contributed by atoms with Crippen LogP contribution in [0.4, 0.5) is 0 Å². The number of hydrogen-bond donors (Lipinski definition) is 1. The Morgan fingerprint density at radius 2 is 1.67 bits per heavy atom. The zero-order chi connectivity index (χ0) is 16.2. The van der Waals surface area contributed by atoms with Crippen molar-refractivity contribution in [1.82, 2.24) is 10.2 Å². The standard InChI is InChI=1S/C22H34N2/c1-2-4-8-19(9-5-3-1)17-24-14-12-22(13-15-24)18-23-16-20-10-6-7-11-21(20)22/h6-7,10-11,19,23H,1-5,8-9,12-18H2. The van der Waals surface area contributed by atoms with Gasteiger partial charge < -0.3 is 10.2 Å². The number of benzene rings is 1. The lowest BCUT2D eigenvalue weighted by molar-refractivity contribution is 0.125. The van der Waals surface area contributed by atoms with Crippen LogP contribution < -0.4 is 5.32 Å². The van der Waals surface area contributed by atoms with E-state index in [1.807, 2.05) is 0 Å². The number of nitrogens with one attached hydrogen (secondary N) is 1. The Hall–Kier alpha value is -0.860. The first-order valence-corrected chi connectivity index (χ1v) is 10.4. The monoisotopic (exact) mass is 326 g/mol. The average molecular weight is 327 g/mol. The van der Waals surface area contributed by atoms with Crippen molar-refractivity contribution in [2.24, 2.45) is 5.92 Å². The fourth-order valence-electron chi connectivity index (χ4n) is 5.42. The van der Waals surface area contributed by atoms with E-state index in [0.29, 0.717) is 5.41 Å². The van der Waals surface area contributed by atoms with Crippen LogP contribution >= 0.6 is 0 Å². The van der Waals surface area contributed by atoms with Crippen LogP contribution in [0.5, 0.6) is 0 Å². The van der Waals surface area contributed by atoms with Gasteiger partial charge in [-0.3, -0.25) is 0 Å². The molecule has 1 aromatic carbocycles. The van der Waals surface area contributed by atoms with Crippen LogP contribution in [0, 0.1) is 5.92 Å². The third-order valence-electron chi connectivity index (χ3n) is 6.92. The van der Waals surface area contributed by atoms with Gasteiger partial charge in [0.1, 0.15) is 0 Å². The number of piperidine rings is 1. The molecule has 132 valence electrons. The van der Waals surface area contributed by atoms with Crippen molar-refractivity contribution in [2.45, 2.75) is 69.7 Å². The van der Waals surface area contributed by atoms with Gasteiger partial charge in [-0.25, -0.2) is 0 Å². The summed E-state index contributed by atoms with van der Waals surface area (Å²) in [5.41, 5.74) is 3.60. The number of likely N-dealkylation sites (tertiary alicyclic amines) is 1. The third-order valence-corrected chi connectivity index (χ3v) is 6.92. The summed E-state index contributed by atoms with van der Waals surface area (Å²) >= 11 is 0. The Labute approximate surface area is 148 Å². The first-order chi connectivity index (χ1) is 11.9. The second kappa shape index (κ2) is 7.58. The van der Waals surface area contributed by atoms with Crippen molar-refractivity contribution in [2.75, 3.05) is 26.2 Å². The van der Waals surface area contributed by atoms with E-state index >= 15 is 0 Å². The van der Waals surface area contributed by atoms with E-state index in [1.165, 1.54) is 89.5 Å². The summed E-state index contributed by atoms with van der Waals surface area (Å²) in [5.74, 6) is 0.969. The van der Waals surface area contributed by atoms with Gasteiger partial charge in [0.2, 0.25) is 0 Å². The second-order valence-corrected chi connectivity index (χ2v) is 8.55. The van der Waals surface area contributed by atoms with Crippen molar-refractivity contribution in [3.05, 3.63) is 35.4 Å². The molecular weight excluding hydrogens is 292 g/mol. The average Bonchev–Trinajstić information content (AvgIpc) is 2.60. The van der Waals surface area contributed by atoms with Gasteiger partial charge in [0.15, 0.2) is 0 Å². The SMILES string of the molecule is c1ccc2c(c1)CNCC21CCN(CC2CCCCCCC2)CC1. The molecule has 1 aliphatic carbocycles. The van der Waals surface area contributed by atoms with E-state index in [9.17, 15) is 0 Å². The first-order valence-electron chi connectivity index (χ1n) is 10.4. The van der Waals surface area contributed by atoms with Crippen molar-refractivity contribution >= 4 is 0 Å². The van der Waals surface area contributed by atoms with Crippen LogP contribution in [0.15, 0.2) is 24.3 Å². The Morgan fingerprint density at radius 1 is 0.958 bits per heavy atom. The summed E-state index contributed by atoms with van der Waals surface area (Å²) in [6.45, 7) is 6.20. The molecule has 1 N–H and O–H groups in total. The van der Waals surface area contributed by atoms with Crippen molar-refractivity contribution in [3.63, 3.8) is 0 Å². The highest BCUT2D eigenvalue weighted by atomic mass is 15.1. The van der Waals surface area contributed by atoms with Gasteiger partial charge in [0.05, 0.1) is 0 Å². The predicted molar refractivity (Wildman–Crippen MR) is 101 cm³/mol. The number of fused-ring (bicyclic) bond motifs is 2. The molecule has 2 aliphatic heterocycles. The molecule has 0 atom stereocenters. The molecule has 0 bridgehead atoms.